The number of carboxylic acid groups (broad SMARTS) is 1. The van der Waals surface area contributed by atoms with Gasteiger partial charge in [-0.1, -0.05) is 12.1 Å². The molecule has 2 amide bonds. The van der Waals surface area contributed by atoms with Crippen LogP contribution in [0.15, 0.2) is 29.4 Å². The average Bonchev–Trinajstić information content (AvgIpc) is 2.80. The van der Waals surface area contributed by atoms with Crippen molar-refractivity contribution in [2.45, 2.75) is 24.1 Å². The highest BCUT2D eigenvalue weighted by atomic mass is 32.2. The second kappa shape index (κ2) is 7.63. The summed E-state index contributed by atoms with van der Waals surface area (Å²) in [5.41, 5.74) is 3.79. The summed E-state index contributed by atoms with van der Waals surface area (Å²) in [4.78, 5) is 33.1. The third-order valence-electron chi connectivity index (χ3n) is 2.86. The van der Waals surface area contributed by atoms with Gasteiger partial charge in [0.05, 0.1) is 17.9 Å². The van der Waals surface area contributed by atoms with Gasteiger partial charge in [0.2, 0.25) is 11.8 Å². The number of carbonyl (C=O) groups excluding carboxylic acids is 2. The maximum Gasteiger partial charge on any atom is 0.305 e. The molecule has 1 fully saturated rings. The van der Waals surface area contributed by atoms with Crippen molar-refractivity contribution >= 4 is 41.4 Å². The molecule has 1 aliphatic heterocycles. The van der Waals surface area contributed by atoms with Gasteiger partial charge in [-0.05, 0) is 17.7 Å². The Morgan fingerprint density at radius 2 is 2.09 bits per heavy atom. The summed E-state index contributed by atoms with van der Waals surface area (Å²) in [6, 6.07) is 7.06. The van der Waals surface area contributed by atoms with Crippen LogP contribution in [0.5, 0.6) is 0 Å². The number of nitrogens with one attached hydrogen (secondary N) is 3. The number of hydrogen-bond acceptors (Lipinski definition) is 6. The molecule has 0 spiro atoms. The molecule has 2 unspecified atom stereocenters. The summed E-state index contributed by atoms with van der Waals surface area (Å²) >= 11 is 1.18. The Labute approximate surface area is 136 Å². The van der Waals surface area contributed by atoms with Gasteiger partial charge in [-0.2, -0.15) is 5.10 Å². The van der Waals surface area contributed by atoms with E-state index in [1.54, 1.807) is 30.5 Å². The number of hydrazone groups is 1. The van der Waals surface area contributed by atoms with Gasteiger partial charge in [-0.15, -0.1) is 11.8 Å². The van der Waals surface area contributed by atoms with Gasteiger partial charge in [-0.3, -0.25) is 19.8 Å². The Balaban J connectivity index is 1.84. The molecule has 2 rings (SSSR count). The van der Waals surface area contributed by atoms with E-state index < -0.39 is 16.7 Å². The molecule has 0 radical (unpaired) electrons. The number of carbonyl (C=O) groups is 3. The minimum Gasteiger partial charge on any atom is -0.481 e. The molecule has 1 aromatic carbocycles. The molecule has 2 atom stereocenters. The molecule has 4 N–H and O–H groups in total. The fourth-order valence-electron chi connectivity index (χ4n) is 1.88. The number of nitrogens with zero attached hydrogens (tertiary/aromatic N) is 1. The number of rotatable bonds is 6. The standard InChI is InChI=1S/C14H16N4O4S/c1-8(19)16-10-4-2-9(3-5-10)7-15-18-14-17-13(22)11(23-14)6-12(20)21/h2-5,7,11,14,18H,6H2,1H3,(H,16,19)(H,17,22)(H,20,21). The predicted molar refractivity (Wildman–Crippen MR) is 87.0 cm³/mol. The lowest BCUT2D eigenvalue weighted by molar-refractivity contribution is -0.138. The van der Waals surface area contributed by atoms with Crippen molar-refractivity contribution in [3.63, 3.8) is 0 Å². The molecule has 0 bridgehead atoms. The number of anilines is 1. The summed E-state index contributed by atoms with van der Waals surface area (Å²) in [5, 5.41) is 17.4. The normalized spacial score (nSPS) is 20.3. The quantitative estimate of drug-likeness (QED) is 0.445. The third-order valence-corrected chi connectivity index (χ3v) is 4.07. The van der Waals surface area contributed by atoms with Gasteiger partial charge < -0.3 is 15.7 Å². The molecule has 9 heteroatoms. The van der Waals surface area contributed by atoms with Crippen molar-refractivity contribution in [2.75, 3.05) is 5.32 Å². The molecule has 1 saturated heterocycles. The first-order chi connectivity index (χ1) is 10.9. The molecule has 23 heavy (non-hydrogen) atoms. The van der Waals surface area contributed by atoms with E-state index in [-0.39, 0.29) is 18.2 Å². The minimum absolute atomic E-state index is 0.141. The van der Waals surface area contributed by atoms with Crippen molar-refractivity contribution in [1.29, 1.82) is 0 Å². The van der Waals surface area contributed by atoms with Gasteiger partial charge >= 0.3 is 5.97 Å². The summed E-state index contributed by atoms with van der Waals surface area (Å²) in [5.74, 6) is -1.47. The Morgan fingerprint density at radius 3 is 2.70 bits per heavy atom. The Bertz CT molecular complexity index is 632. The summed E-state index contributed by atoms with van der Waals surface area (Å²) in [6.45, 7) is 1.43. The van der Waals surface area contributed by atoms with Crippen LogP contribution in [0.25, 0.3) is 0 Å². The van der Waals surface area contributed by atoms with Gasteiger partial charge in [-0.25, -0.2) is 0 Å². The Hall–Kier alpha value is -2.55. The Morgan fingerprint density at radius 1 is 1.39 bits per heavy atom. The van der Waals surface area contributed by atoms with E-state index in [4.69, 9.17) is 5.11 Å². The zero-order valence-corrected chi connectivity index (χ0v) is 13.1. The van der Waals surface area contributed by atoms with E-state index in [0.29, 0.717) is 5.69 Å². The zero-order chi connectivity index (χ0) is 16.8. The zero-order valence-electron chi connectivity index (χ0n) is 12.3. The molecule has 1 aromatic rings. The van der Waals surface area contributed by atoms with E-state index >= 15 is 0 Å². The number of hydrogen-bond donors (Lipinski definition) is 4. The van der Waals surface area contributed by atoms with Crippen LogP contribution in [0.1, 0.15) is 18.9 Å². The SMILES string of the molecule is CC(=O)Nc1ccc(C=NNC2NC(=O)C(CC(=O)O)S2)cc1. The smallest absolute Gasteiger partial charge is 0.305 e. The fourth-order valence-corrected chi connectivity index (χ4v) is 2.94. The molecule has 0 saturated carbocycles. The first-order valence-corrected chi connectivity index (χ1v) is 7.72. The van der Waals surface area contributed by atoms with Crippen LogP contribution >= 0.6 is 11.8 Å². The highest BCUT2D eigenvalue weighted by molar-refractivity contribution is 8.01. The van der Waals surface area contributed by atoms with E-state index in [9.17, 15) is 14.4 Å². The number of thioether (sulfide) groups is 1. The number of benzene rings is 1. The van der Waals surface area contributed by atoms with Crippen LogP contribution in [-0.4, -0.2) is 39.9 Å². The molecule has 0 aromatic heterocycles. The van der Waals surface area contributed by atoms with Gasteiger partial charge in [0.25, 0.3) is 0 Å². The van der Waals surface area contributed by atoms with Crippen molar-refractivity contribution in [3.05, 3.63) is 29.8 Å². The van der Waals surface area contributed by atoms with Crippen LogP contribution in [-0.2, 0) is 14.4 Å². The molecule has 0 aliphatic carbocycles. The molecule has 1 aliphatic rings. The molecular weight excluding hydrogens is 320 g/mol. The fraction of sp³-hybridized carbons (Fsp3) is 0.286. The second-order valence-electron chi connectivity index (χ2n) is 4.80. The number of aliphatic carboxylic acids is 1. The van der Waals surface area contributed by atoms with Crippen LogP contribution in [0, 0.1) is 0 Å². The highest BCUT2D eigenvalue weighted by Crippen LogP contribution is 2.24. The summed E-state index contributed by atoms with van der Waals surface area (Å²) in [6.07, 6.45) is 1.35. The Kier molecular flexibility index (Phi) is 5.58. The van der Waals surface area contributed by atoms with Gasteiger partial charge in [0.15, 0.2) is 5.50 Å². The average molecular weight is 336 g/mol. The monoisotopic (exact) mass is 336 g/mol. The number of amides is 2. The van der Waals surface area contributed by atoms with E-state index in [2.05, 4.69) is 21.2 Å². The predicted octanol–water partition coefficient (Wildman–Crippen LogP) is 0.558. The van der Waals surface area contributed by atoms with Crippen molar-refractivity contribution < 1.29 is 19.5 Å². The minimum atomic E-state index is -1.01. The topological polar surface area (TPSA) is 120 Å². The van der Waals surface area contributed by atoms with E-state index in [0.717, 1.165) is 5.56 Å². The van der Waals surface area contributed by atoms with Crippen LogP contribution in [0.3, 0.4) is 0 Å². The first kappa shape index (κ1) is 16.8. The third kappa shape index (κ3) is 5.29. The second-order valence-corrected chi connectivity index (χ2v) is 6.11. The molecule has 1 heterocycles. The first-order valence-electron chi connectivity index (χ1n) is 6.78. The maximum absolute atomic E-state index is 11.6. The lowest BCUT2D eigenvalue weighted by Gasteiger charge is -2.08. The van der Waals surface area contributed by atoms with Gasteiger partial charge in [0.1, 0.15) is 0 Å². The summed E-state index contributed by atoms with van der Waals surface area (Å²) < 4.78 is 0. The van der Waals surface area contributed by atoms with Crippen molar-refractivity contribution in [3.8, 4) is 0 Å². The lowest BCUT2D eigenvalue weighted by Crippen LogP contribution is -2.35. The molecule has 122 valence electrons. The maximum atomic E-state index is 11.6. The lowest BCUT2D eigenvalue weighted by atomic mass is 10.2. The van der Waals surface area contributed by atoms with Crippen molar-refractivity contribution in [1.82, 2.24) is 10.7 Å². The highest BCUT2D eigenvalue weighted by Gasteiger charge is 2.33. The number of carboxylic acids is 1. The molecule has 8 nitrogen and oxygen atoms in total. The van der Waals surface area contributed by atoms with Crippen LogP contribution in [0.2, 0.25) is 0 Å². The van der Waals surface area contributed by atoms with Gasteiger partial charge in [0, 0.05) is 12.6 Å². The van der Waals surface area contributed by atoms with Crippen LogP contribution < -0.4 is 16.1 Å². The molecular formula is C14H16N4O4S. The van der Waals surface area contributed by atoms with Crippen LogP contribution in [0.4, 0.5) is 5.69 Å². The van der Waals surface area contributed by atoms with Crippen molar-refractivity contribution in [2.24, 2.45) is 5.10 Å². The van der Waals surface area contributed by atoms with E-state index in [1.807, 2.05) is 0 Å². The summed E-state index contributed by atoms with van der Waals surface area (Å²) in [7, 11) is 0. The largest absolute Gasteiger partial charge is 0.481 e. The van der Waals surface area contributed by atoms with E-state index in [1.165, 1.54) is 18.7 Å².